The normalized spacial score (nSPS) is 17.5. The van der Waals surface area contributed by atoms with Crippen molar-refractivity contribution < 1.29 is 13.9 Å². The molecule has 28 heavy (non-hydrogen) atoms. The number of carbonyl (C=O) groups is 1. The van der Waals surface area contributed by atoms with Crippen LogP contribution in [0.4, 0.5) is 10.1 Å². The van der Waals surface area contributed by atoms with Gasteiger partial charge in [0.15, 0.2) is 6.10 Å². The van der Waals surface area contributed by atoms with E-state index in [9.17, 15) is 9.18 Å². The largest absolute Gasteiger partial charge is 0.481 e. The lowest BCUT2D eigenvalue weighted by Crippen LogP contribution is -2.50. The van der Waals surface area contributed by atoms with Crippen LogP contribution in [-0.4, -0.2) is 31.1 Å². The molecule has 2 aromatic rings. The van der Waals surface area contributed by atoms with Crippen molar-refractivity contribution in [3.63, 3.8) is 0 Å². The quantitative estimate of drug-likeness (QED) is 0.860. The van der Waals surface area contributed by atoms with Gasteiger partial charge in [-0.25, -0.2) is 4.39 Å². The number of nitriles is 1. The SMILES string of the molecule is Cc1ccc(F)c(N2CCCC(NC(=O)C(C)Oc3ccc(C#N)cc3)C2)c1. The molecule has 6 heteroatoms. The zero-order valence-electron chi connectivity index (χ0n) is 16.1. The summed E-state index contributed by atoms with van der Waals surface area (Å²) in [6, 6.07) is 13.7. The van der Waals surface area contributed by atoms with Crippen molar-refractivity contribution in [1.82, 2.24) is 5.32 Å². The number of benzene rings is 2. The fourth-order valence-electron chi connectivity index (χ4n) is 3.36. The van der Waals surface area contributed by atoms with Gasteiger partial charge in [-0.2, -0.15) is 5.26 Å². The third kappa shape index (κ3) is 4.80. The van der Waals surface area contributed by atoms with Crippen LogP contribution < -0.4 is 15.0 Å². The molecule has 2 aromatic carbocycles. The Morgan fingerprint density at radius 3 is 2.79 bits per heavy atom. The third-order valence-electron chi connectivity index (χ3n) is 4.88. The van der Waals surface area contributed by atoms with Gasteiger partial charge >= 0.3 is 0 Å². The summed E-state index contributed by atoms with van der Waals surface area (Å²) in [5.41, 5.74) is 2.13. The second kappa shape index (κ2) is 8.75. The highest BCUT2D eigenvalue weighted by Crippen LogP contribution is 2.24. The van der Waals surface area contributed by atoms with Crippen LogP contribution in [-0.2, 0) is 4.79 Å². The van der Waals surface area contributed by atoms with E-state index in [1.165, 1.54) is 6.07 Å². The topological polar surface area (TPSA) is 65.4 Å². The molecule has 1 saturated heterocycles. The number of hydrogen-bond acceptors (Lipinski definition) is 4. The van der Waals surface area contributed by atoms with Crippen LogP contribution in [0.25, 0.3) is 0 Å². The Labute approximate surface area is 164 Å². The predicted octanol–water partition coefficient (Wildman–Crippen LogP) is 3.56. The summed E-state index contributed by atoms with van der Waals surface area (Å²) in [6.45, 7) is 4.96. The van der Waals surface area contributed by atoms with Gasteiger partial charge in [0, 0.05) is 19.1 Å². The molecule has 1 heterocycles. The Morgan fingerprint density at radius 1 is 1.32 bits per heavy atom. The van der Waals surface area contributed by atoms with Gasteiger partial charge < -0.3 is 15.0 Å². The highest BCUT2D eigenvalue weighted by Gasteiger charge is 2.25. The average Bonchev–Trinajstić information content (AvgIpc) is 2.70. The van der Waals surface area contributed by atoms with Crippen LogP contribution in [0.15, 0.2) is 42.5 Å². The zero-order valence-corrected chi connectivity index (χ0v) is 16.1. The minimum Gasteiger partial charge on any atom is -0.481 e. The van der Waals surface area contributed by atoms with Crippen molar-refractivity contribution in [1.29, 1.82) is 5.26 Å². The summed E-state index contributed by atoms with van der Waals surface area (Å²) in [4.78, 5) is 14.5. The molecule has 1 fully saturated rings. The number of piperidine rings is 1. The van der Waals surface area contributed by atoms with E-state index in [1.807, 2.05) is 24.0 Å². The Hall–Kier alpha value is -3.07. The lowest BCUT2D eigenvalue weighted by molar-refractivity contribution is -0.128. The molecular formula is C22H24FN3O2. The first kappa shape index (κ1) is 19.7. The number of hydrogen-bond donors (Lipinski definition) is 1. The average molecular weight is 381 g/mol. The first-order valence-electron chi connectivity index (χ1n) is 9.44. The highest BCUT2D eigenvalue weighted by atomic mass is 19.1. The van der Waals surface area contributed by atoms with Crippen molar-refractivity contribution in [2.75, 3.05) is 18.0 Å². The first-order chi connectivity index (χ1) is 13.5. The summed E-state index contributed by atoms with van der Waals surface area (Å²) >= 11 is 0. The number of anilines is 1. The van der Waals surface area contributed by atoms with Gasteiger partial charge in [0.05, 0.1) is 17.3 Å². The van der Waals surface area contributed by atoms with Gasteiger partial charge in [0.1, 0.15) is 11.6 Å². The van der Waals surface area contributed by atoms with Crippen molar-refractivity contribution >= 4 is 11.6 Å². The maximum Gasteiger partial charge on any atom is 0.261 e. The number of halogens is 1. The van der Waals surface area contributed by atoms with Gasteiger partial charge in [-0.05, 0) is 68.7 Å². The van der Waals surface area contributed by atoms with Crippen molar-refractivity contribution in [3.8, 4) is 11.8 Å². The minimum absolute atomic E-state index is 0.0619. The molecule has 0 aromatic heterocycles. The predicted molar refractivity (Wildman–Crippen MR) is 106 cm³/mol. The molecule has 0 aliphatic carbocycles. The molecule has 3 rings (SSSR count). The Kier molecular flexibility index (Phi) is 6.15. The van der Waals surface area contributed by atoms with E-state index in [2.05, 4.69) is 5.32 Å². The minimum atomic E-state index is -0.668. The molecular weight excluding hydrogens is 357 g/mol. The molecule has 1 aliphatic rings. The summed E-state index contributed by atoms with van der Waals surface area (Å²) in [7, 11) is 0. The molecule has 1 aliphatic heterocycles. The number of nitrogens with zero attached hydrogens (tertiary/aromatic N) is 2. The number of ether oxygens (including phenoxy) is 1. The maximum atomic E-state index is 14.2. The number of aryl methyl sites for hydroxylation is 1. The van der Waals surface area contributed by atoms with Gasteiger partial charge in [0.25, 0.3) is 5.91 Å². The van der Waals surface area contributed by atoms with E-state index in [4.69, 9.17) is 10.00 Å². The Balaban J connectivity index is 1.58. The zero-order chi connectivity index (χ0) is 20.1. The highest BCUT2D eigenvalue weighted by molar-refractivity contribution is 5.81. The standard InChI is InChI=1S/C22H24FN3O2/c1-15-5-10-20(23)21(12-15)26-11-3-4-18(14-26)25-22(27)16(2)28-19-8-6-17(13-24)7-9-19/h5-10,12,16,18H,3-4,11,14H2,1-2H3,(H,25,27). The van der Waals surface area contributed by atoms with Gasteiger partial charge in [0.2, 0.25) is 0 Å². The molecule has 2 atom stereocenters. The van der Waals surface area contributed by atoms with Crippen LogP contribution >= 0.6 is 0 Å². The van der Waals surface area contributed by atoms with Gasteiger partial charge in [-0.1, -0.05) is 6.07 Å². The number of amides is 1. The van der Waals surface area contributed by atoms with Crippen LogP contribution in [0.3, 0.4) is 0 Å². The maximum absolute atomic E-state index is 14.2. The van der Waals surface area contributed by atoms with Crippen LogP contribution in [0.2, 0.25) is 0 Å². The monoisotopic (exact) mass is 381 g/mol. The Bertz CT molecular complexity index is 876. The number of carbonyl (C=O) groups excluding carboxylic acids is 1. The summed E-state index contributed by atoms with van der Waals surface area (Å²) in [5.74, 6) is 0.0878. The molecule has 2 unspecified atom stereocenters. The van der Waals surface area contributed by atoms with E-state index in [0.29, 0.717) is 23.5 Å². The van der Waals surface area contributed by atoms with Crippen molar-refractivity contribution in [2.24, 2.45) is 0 Å². The lowest BCUT2D eigenvalue weighted by Gasteiger charge is -2.35. The van der Waals surface area contributed by atoms with E-state index < -0.39 is 6.10 Å². The lowest BCUT2D eigenvalue weighted by atomic mass is 10.0. The smallest absolute Gasteiger partial charge is 0.261 e. The van der Waals surface area contributed by atoms with E-state index in [1.54, 1.807) is 37.3 Å². The molecule has 0 bridgehead atoms. The molecule has 0 spiro atoms. The summed E-state index contributed by atoms with van der Waals surface area (Å²) in [6.07, 6.45) is 1.06. The number of rotatable bonds is 5. The van der Waals surface area contributed by atoms with Gasteiger partial charge in [-0.3, -0.25) is 4.79 Å². The van der Waals surface area contributed by atoms with Crippen LogP contribution in [0, 0.1) is 24.1 Å². The van der Waals surface area contributed by atoms with E-state index >= 15 is 0 Å². The first-order valence-corrected chi connectivity index (χ1v) is 9.44. The summed E-state index contributed by atoms with van der Waals surface area (Å²) < 4.78 is 19.9. The van der Waals surface area contributed by atoms with E-state index in [-0.39, 0.29) is 17.8 Å². The van der Waals surface area contributed by atoms with Crippen LogP contribution in [0.5, 0.6) is 5.75 Å². The van der Waals surface area contributed by atoms with Crippen molar-refractivity contribution in [3.05, 3.63) is 59.4 Å². The second-order valence-electron chi connectivity index (χ2n) is 7.14. The molecule has 1 amide bonds. The van der Waals surface area contributed by atoms with Gasteiger partial charge in [-0.15, -0.1) is 0 Å². The van der Waals surface area contributed by atoms with Crippen molar-refractivity contribution in [2.45, 2.75) is 38.8 Å². The third-order valence-corrected chi connectivity index (χ3v) is 4.88. The fraction of sp³-hybridized carbons (Fsp3) is 0.364. The molecule has 5 nitrogen and oxygen atoms in total. The molecule has 0 saturated carbocycles. The van der Waals surface area contributed by atoms with E-state index in [0.717, 1.165) is 24.9 Å². The number of nitrogens with one attached hydrogen (secondary N) is 1. The van der Waals surface area contributed by atoms with Crippen LogP contribution in [0.1, 0.15) is 30.9 Å². The molecule has 1 N–H and O–H groups in total. The molecule has 146 valence electrons. The summed E-state index contributed by atoms with van der Waals surface area (Å²) in [5, 5.41) is 11.8. The Morgan fingerprint density at radius 2 is 2.07 bits per heavy atom. The molecule has 0 radical (unpaired) electrons. The second-order valence-corrected chi connectivity index (χ2v) is 7.14. The fourth-order valence-corrected chi connectivity index (χ4v) is 3.36.